The van der Waals surface area contributed by atoms with Gasteiger partial charge in [-0.2, -0.15) is 0 Å². The van der Waals surface area contributed by atoms with Crippen LogP contribution >= 0.6 is 11.8 Å². The molecule has 0 atom stereocenters. The van der Waals surface area contributed by atoms with Gasteiger partial charge in [-0.15, -0.1) is 10.2 Å². The van der Waals surface area contributed by atoms with Crippen molar-refractivity contribution in [2.75, 3.05) is 18.9 Å². The van der Waals surface area contributed by atoms with E-state index in [0.29, 0.717) is 19.6 Å². The summed E-state index contributed by atoms with van der Waals surface area (Å²) >= 11 is 1.69. The number of rotatable bonds is 17. The van der Waals surface area contributed by atoms with Gasteiger partial charge in [0.25, 0.3) is 0 Å². The fraction of sp³-hybridized carbons (Fsp3) is 0.559. The van der Waals surface area contributed by atoms with Crippen molar-refractivity contribution in [3.05, 3.63) is 65.5 Å². The zero-order valence-electron chi connectivity index (χ0n) is 26.3. The number of benzene rings is 2. The van der Waals surface area contributed by atoms with E-state index in [2.05, 4.69) is 92.0 Å². The summed E-state index contributed by atoms with van der Waals surface area (Å²) in [4.78, 5) is 12.3. The number of hydrogen-bond acceptors (Lipinski definition) is 5. The molecule has 0 unspecified atom stereocenters. The first kappa shape index (κ1) is 32.7. The molecule has 0 aliphatic carbocycles. The minimum absolute atomic E-state index is 0.0558. The van der Waals surface area contributed by atoms with Crippen LogP contribution in [0.15, 0.2) is 53.7 Å². The lowest BCUT2D eigenvalue weighted by molar-refractivity contribution is -0.121. The Morgan fingerprint density at radius 2 is 1.66 bits per heavy atom. The summed E-state index contributed by atoms with van der Waals surface area (Å²) in [6, 6.07) is 16.9. The minimum Gasteiger partial charge on any atom is -0.493 e. The van der Waals surface area contributed by atoms with Crippen LogP contribution in [-0.2, 0) is 15.6 Å². The summed E-state index contributed by atoms with van der Waals surface area (Å²) in [6.45, 7) is 17.0. The molecule has 0 aliphatic rings. The van der Waals surface area contributed by atoms with E-state index in [1.54, 1.807) is 11.8 Å². The number of aromatic nitrogens is 3. The molecule has 3 rings (SSSR count). The van der Waals surface area contributed by atoms with E-state index >= 15 is 0 Å². The van der Waals surface area contributed by atoms with Crippen molar-refractivity contribution >= 4 is 17.7 Å². The van der Waals surface area contributed by atoms with Crippen molar-refractivity contribution in [1.29, 1.82) is 0 Å². The quantitative estimate of drug-likeness (QED) is 0.129. The molecule has 0 fully saturated rings. The largest absolute Gasteiger partial charge is 0.493 e. The van der Waals surface area contributed by atoms with Gasteiger partial charge in [0.15, 0.2) is 5.16 Å². The first-order valence-electron chi connectivity index (χ1n) is 15.2. The van der Waals surface area contributed by atoms with Gasteiger partial charge in [0.2, 0.25) is 5.91 Å². The Morgan fingerprint density at radius 3 is 2.37 bits per heavy atom. The molecule has 0 spiro atoms. The molecule has 0 aliphatic heterocycles. The first-order valence-corrected chi connectivity index (χ1v) is 16.2. The van der Waals surface area contributed by atoms with Crippen LogP contribution in [0.5, 0.6) is 5.75 Å². The highest BCUT2D eigenvalue weighted by molar-refractivity contribution is 7.99. The average molecular weight is 579 g/mol. The third-order valence-electron chi connectivity index (χ3n) is 8.25. The molecule has 0 saturated carbocycles. The summed E-state index contributed by atoms with van der Waals surface area (Å²) in [7, 11) is 0. The van der Waals surface area contributed by atoms with E-state index in [0.717, 1.165) is 66.7 Å². The number of unbranched alkanes of at least 4 members (excludes halogenated alkanes) is 2. The SMILES string of the molecule is CCC(C)(C)c1ccc(OCCCCNC(=O)CCCCSc2nnc(C)n2-c2ccccc2)c(C(C)(C)CC)c1. The number of thioether (sulfide) groups is 1. The van der Waals surface area contributed by atoms with Crippen molar-refractivity contribution < 1.29 is 9.53 Å². The van der Waals surface area contributed by atoms with E-state index in [-0.39, 0.29) is 16.7 Å². The van der Waals surface area contributed by atoms with Crippen molar-refractivity contribution in [3.8, 4) is 11.4 Å². The Bertz CT molecular complexity index is 1240. The molecule has 0 saturated heterocycles. The second-order valence-electron chi connectivity index (χ2n) is 12.1. The van der Waals surface area contributed by atoms with Crippen LogP contribution in [0, 0.1) is 6.92 Å². The topological polar surface area (TPSA) is 69.0 Å². The first-order chi connectivity index (χ1) is 19.6. The number of para-hydroxylation sites is 1. The van der Waals surface area contributed by atoms with Gasteiger partial charge in [-0.25, -0.2) is 0 Å². The number of carbonyl (C=O) groups is 1. The van der Waals surface area contributed by atoms with Gasteiger partial charge >= 0.3 is 0 Å². The zero-order chi connectivity index (χ0) is 29.9. The molecule has 3 aromatic rings. The normalized spacial score (nSPS) is 12.0. The van der Waals surface area contributed by atoms with Gasteiger partial charge in [0, 0.05) is 30.0 Å². The number of nitrogens with zero attached hydrogens (tertiary/aromatic N) is 3. The predicted octanol–water partition coefficient (Wildman–Crippen LogP) is 8.19. The second-order valence-corrected chi connectivity index (χ2v) is 13.2. The molecule has 1 aromatic heterocycles. The molecule has 41 heavy (non-hydrogen) atoms. The lowest BCUT2D eigenvalue weighted by atomic mass is 9.76. The summed E-state index contributed by atoms with van der Waals surface area (Å²) in [5.41, 5.74) is 3.94. The number of nitrogens with one attached hydrogen (secondary N) is 1. The van der Waals surface area contributed by atoms with Gasteiger partial charge in [-0.1, -0.05) is 83.6 Å². The van der Waals surface area contributed by atoms with Crippen LogP contribution in [0.1, 0.15) is 103 Å². The van der Waals surface area contributed by atoms with Crippen molar-refractivity contribution in [2.45, 2.75) is 109 Å². The smallest absolute Gasteiger partial charge is 0.219 e. The lowest BCUT2D eigenvalue weighted by Gasteiger charge is -2.30. The van der Waals surface area contributed by atoms with E-state index in [4.69, 9.17) is 4.74 Å². The Balaban J connectivity index is 1.34. The Labute approximate surface area is 252 Å². The fourth-order valence-electron chi connectivity index (χ4n) is 4.59. The third-order valence-corrected chi connectivity index (χ3v) is 9.26. The van der Waals surface area contributed by atoms with Gasteiger partial charge in [-0.05, 0) is 80.0 Å². The van der Waals surface area contributed by atoms with Crippen LogP contribution in [-0.4, -0.2) is 39.6 Å². The molecular formula is C34H50N4O2S. The highest BCUT2D eigenvalue weighted by Gasteiger charge is 2.26. The monoisotopic (exact) mass is 578 g/mol. The second kappa shape index (κ2) is 15.4. The molecule has 0 bridgehead atoms. The van der Waals surface area contributed by atoms with Crippen LogP contribution in [0.3, 0.4) is 0 Å². The number of hydrogen-bond donors (Lipinski definition) is 1. The maximum absolute atomic E-state index is 12.3. The summed E-state index contributed by atoms with van der Waals surface area (Å²) in [5.74, 6) is 2.90. The molecule has 1 heterocycles. The van der Waals surface area contributed by atoms with Crippen molar-refractivity contribution in [3.63, 3.8) is 0 Å². The van der Waals surface area contributed by atoms with Gasteiger partial charge in [0.05, 0.1) is 6.61 Å². The molecule has 0 radical (unpaired) electrons. The maximum atomic E-state index is 12.3. The van der Waals surface area contributed by atoms with Crippen LogP contribution in [0.2, 0.25) is 0 Å². The van der Waals surface area contributed by atoms with E-state index < -0.39 is 0 Å². The summed E-state index contributed by atoms with van der Waals surface area (Å²) < 4.78 is 8.35. The standard InChI is InChI=1S/C34H50N4O2S/c1-8-33(4,5)27-20-21-30(29(25-27)34(6,7)9-2)40-23-15-14-22-35-31(39)19-13-16-24-41-32-37-36-26(3)38(32)28-17-11-10-12-18-28/h10-12,17-18,20-21,25H,8-9,13-16,19,22-24H2,1-7H3,(H,35,39). The molecular weight excluding hydrogens is 528 g/mol. The lowest BCUT2D eigenvalue weighted by Crippen LogP contribution is -2.24. The number of carbonyl (C=O) groups excluding carboxylic acids is 1. The minimum atomic E-state index is 0.0558. The highest BCUT2D eigenvalue weighted by atomic mass is 32.2. The molecule has 224 valence electrons. The Morgan fingerprint density at radius 1 is 0.927 bits per heavy atom. The van der Waals surface area contributed by atoms with Gasteiger partial charge in [0.1, 0.15) is 11.6 Å². The van der Waals surface area contributed by atoms with Crippen molar-refractivity contribution in [2.24, 2.45) is 0 Å². The highest BCUT2D eigenvalue weighted by Crippen LogP contribution is 2.38. The summed E-state index contributed by atoms with van der Waals surface area (Å²) in [6.07, 6.45) is 6.34. The number of aryl methyl sites for hydroxylation is 1. The third kappa shape index (κ3) is 9.35. The number of amides is 1. The fourth-order valence-corrected chi connectivity index (χ4v) is 5.58. The molecule has 1 amide bonds. The van der Waals surface area contributed by atoms with E-state index in [9.17, 15) is 4.79 Å². The van der Waals surface area contributed by atoms with E-state index in [1.165, 1.54) is 11.1 Å². The summed E-state index contributed by atoms with van der Waals surface area (Å²) in [5, 5.41) is 12.5. The Hall–Kier alpha value is -2.80. The predicted molar refractivity (Wildman–Crippen MR) is 171 cm³/mol. The van der Waals surface area contributed by atoms with E-state index in [1.807, 2.05) is 25.1 Å². The molecule has 2 aromatic carbocycles. The average Bonchev–Trinajstić information content (AvgIpc) is 3.34. The maximum Gasteiger partial charge on any atom is 0.219 e. The molecule has 6 nitrogen and oxygen atoms in total. The van der Waals surface area contributed by atoms with Crippen LogP contribution in [0.4, 0.5) is 0 Å². The van der Waals surface area contributed by atoms with Gasteiger partial charge in [-0.3, -0.25) is 9.36 Å². The van der Waals surface area contributed by atoms with Gasteiger partial charge < -0.3 is 10.1 Å². The zero-order valence-corrected chi connectivity index (χ0v) is 27.1. The molecule has 7 heteroatoms. The van der Waals surface area contributed by atoms with Crippen LogP contribution in [0.25, 0.3) is 5.69 Å². The number of ether oxygens (including phenoxy) is 1. The Kier molecular flexibility index (Phi) is 12.3. The van der Waals surface area contributed by atoms with Crippen LogP contribution < -0.4 is 10.1 Å². The van der Waals surface area contributed by atoms with Crippen molar-refractivity contribution in [1.82, 2.24) is 20.1 Å². The molecule has 1 N–H and O–H groups in total.